The van der Waals surface area contributed by atoms with Gasteiger partial charge in [-0.2, -0.15) is 0 Å². The number of aliphatic hydroxyl groups excluding tert-OH is 1. The molecule has 1 heterocycles. The molecule has 4 heteroatoms. The van der Waals surface area contributed by atoms with E-state index < -0.39 is 0 Å². The summed E-state index contributed by atoms with van der Waals surface area (Å²) in [7, 11) is 2.11. The van der Waals surface area contributed by atoms with Crippen molar-refractivity contribution in [3.8, 4) is 5.75 Å². The van der Waals surface area contributed by atoms with Crippen molar-refractivity contribution in [3.63, 3.8) is 0 Å². The number of aromatic nitrogens is 1. The van der Waals surface area contributed by atoms with Gasteiger partial charge in [0.2, 0.25) is 0 Å². The van der Waals surface area contributed by atoms with Crippen molar-refractivity contribution in [2.75, 3.05) is 20.3 Å². The van der Waals surface area contributed by atoms with Gasteiger partial charge in [-0.15, -0.1) is 0 Å². The molecule has 0 spiro atoms. The molecular formula is C20H22N2O2. The molecule has 0 aliphatic carbocycles. The number of ether oxygens (including phenoxy) is 1. The Balaban J connectivity index is 1.70. The molecule has 24 heavy (non-hydrogen) atoms. The summed E-state index contributed by atoms with van der Waals surface area (Å²) >= 11 is 0. The summed E-state index contributed by atoms with van der Waals surface area (Å²) < 4.78 is 5.48. The Morgan fingerprint density at radius 1 is 1.04 bits per heavy atom. The SMILES string of the molecule is CN(Cc1cccc(OCCO)c1)Cc1cccc2ncccc12. The third-order valence-corrected chi connectivity index (χ3v) is 3.89. The monoisotopic (exact) mass is 322 g/mol. The Bertz CT molecular complexity index is 799. The van der Waals surface area contributed by atoms with Crippen molar-refractivity contribution in [2.24, 2.45) is 0 Å². The predicted molar refractivity (Wildman–Crippen MR) is 95.9 cm³/mol. The van der Waals surface area contributed by atoms with Crippen LogP contribution in [0.4, 0.5) is 0 Å². The van der Waals surface area contributed by atoms with Gasteiger partial charge >= 0.3 is 0 Å². The van der Waals surface area contributed by atoms with E-state index in [1.54, 1.807) is 0 Å². The molecule has 0 aliphatic rings. The molecule has 0 fully saturated rings. The molecule has 3 rings (SSSR count). The number of fused-ring (bicyclic) bond motifs is 1. The molecule has 0 unspecified atom stereocenters. The molecule has 2 aromatic carbocycles. The molecule has 0 saturated heterocycles. The van der Waals surface area contributed by atoms with E-state index in [0.717, 1.165) is 24.4 Å². The van der Waals surface area contributed by atoms with Gasteiger partial charge < -0.3 is 9.84 Å². The summed E-state index contributed by atoms with van der Waals surface area (Å²) in [6, 6.07) is 18.4. The molecule has 0 saturated carbocycles. The lowest BCUT2D eigenvalue weighted by atomic mass is 10.1. The lowest BCUT2D eigenvalue weighted by Gasteiger charge is -2.18. The molecule has 0 amide bonds. The van der Waals surface area contributed by atoms with Crippen molar-refractivity contribution in [1.29, 1.82) is 0 Å². The first kappa shape index (κ1) is 16.4. The van der Waals surface area contributed by atoms with Gasteiger partial charge in [0.15, 0.2) is 0 Å². The first-order chi connectivity index (χ1) is 11.8. The van der Waals surface area contributed by atoms with Crippen LogP contribution < -0.4 is 4.74 Å². The van der Waals surface area contributed by atoms with Crippen molar-refractivity contribution >= 4 is 10.9 Å². The number of hydrogen-bond acceptors (Lipinski definition) is 4. The zero-order valence-corrected chi connectivity index (χ0v) is 13.9. The van der Waals surface area contributed by atoms with Crippen molar-refractivity contribution in [2.45, 2.75) is 13.1 Å². The van der Waals surface area contributed by atoms with Crippen LogP contribution in [0.5, 0.6) is 5.75 Å². The second-order valence-electron chi connectivity index (χ2n) is 5.88. The van der Waals surface area contributed by atoms with Gasteiger partial charge in [0, 0.05) is 24.7 Å². The fraction of sp³-hybridized carbons (Fsp3) is 0.250. The van der Waals surface area contributed by atoms with E-state index in [0.29, 0.717) is 6.61 Å². The van der Waals surface area contributed by atoms with Gasteiger partial charge in [-0.05, 0) is 42.4 Å². The van der Waals surface area contributed by atoms with Crippen LogP contribution >= 0.6 is 0 Å². The molecule has 1 N–H and O–H groups in total. The maximum absolute atomic E-state index is 8.85. The highest BCUT2D eigenvalue weighted by Gasteiger charge is 2.06. The summed E-state index contributed by atoms with van der Waals surface area (Å²) in [5.74, 6) is 0.796. The second kappa shape index (κ2) is 7.90. The molecule has 124 valence electrons. The van der Waals surface area contributed by atoms with E-state index >= 15 is 0 Å². The smallest absolute Gasteiger partial charge is 0.119 e. The van der Waals surface area contributed by atoms with Gasteiger partial charge in [0.1, 0.15) is 12.4 Å². The number of hydrogen-bond donors (Lipinski definition) is 1. The van der Waals surface area contributed by atoms with Crippen molar-refractivity contribution < 1.29 is 9.84 Å². The highest BCUT2D eigenvalue weighted by atomic mass is 16.5. The maximum atomic E-state index is 8.85. The van der Waals surface area contributed by atoms with E-state index in [4.69, 9.17) is 9.84 Å². The van der Waals surface area contributed by atoms with E-state index in [9.17, 15) is 0 Å². The van der Waals surface area contributed by atoms with Crippen LogP contribution in [0.1, 0.15) is 11.1 Å². The summed E-state index contributed by atoms with van der Waals surface area (Å²) in [5, 5.41) is 10.1. The Labute approximate surface area is 142 Å². The zero-order chi connectivity index (χ0) is 16.8. The molecule has 0 bridgehead atoms. The predicted octanol–water partition coefficient (Wildman–Crippen LogP) is 3.24. The zero-order valence-electron chi connectivity index (χ0n) is 13.9. The minimum atomic E-state index is 0.0270. The lowest BCUT2D eigenvalue weighted by Crippen LogP contribution is -2.17. The summed E-state index contributed by atoms with van der Waals surface area (Å²) in [6.07, 6.45) is 1.83. The number of rotatable bonds is 7. The Morgan fingerprint density at radius 2 is 1.92 bits per heavy atom. The van der Waals surface area contributed by atoms with Gasteiger partial charge in [-0.1, -0.05) is 30.3 Å². The highest BCUT2D eigenvalue weighted by molar-refractivity contribution is 5.81. The van der Waals surface area contributed by atoms with E-state index in [1.165, 1.54) is 16.5 Å². The van der Waals surface area contributed by atoms with Crippen LogP contribution in [0.3, 0.4) is 0 Å². The third kappa shape index (κ3) is 4.10. The van der Waals surface area contributed by atoms with Crippen LogP contribution in [-0.4, -0.2) is 35.3 Å². The minimum absolute atomic E-state index is 0.0270. The van der Waals surface area contributed by atoms with E-state index in [-0.39, 0.29) is 6.61 Å². The van der Waals surface area contributed by atoms with Gasteiger partial charge in [0.25, 0.3) is 0 Å². The highest BCUT2D eigenvalue weighted by Crippen LogP contribution is 2.19. The first-order valence-electron chi connectivity index (χ1n) is 8.10. The Morgan fingerprint density at radius 3 is 2.79 bits per heavy atom. The fourth-order valence-corrected chi connectivity index (χ4v) is 2.86. The van der Waals surface area contributed by atoms with Gasteiger partial charge in [0.05, 0.1) is 12.1 Å². The van der Waals surface area contributed by atoms with Crippen LogP contribution in [0.2, 0.25) is 0 Å². The number of benzene rings is 2. The van der Waals surface area contributed by atoms with Gasteiger partial charge in [-0.3, -0.25) is 9.88 Å². The Hall–Kier alpha value is -2.43. The summed E-state index contributed by atoms with van der Waals surface area (Å²) in [5.41, 5.74) is 3.49. The molecule has 3 aromatic rings. The maximum Gasteiger partial charge on any atom is 0.119 e. The molecule has 0 aliphatic heterocycles. The van der Waals surface area contributed by atoms with E-state index in [1.807, 2.05) is 36.5 Å². The average molecular weight is 322 g/mol. The van der Waals surface area contributed by atoms with Crippen LogP contribution in [0.25, 0.3) is 10.9 Å². The summed E-state index contributed by atoms with van der Waals surface area (Å²) in [4.78, 5) is 6.69. The molecular weight excluding hydrogens is 300 g/mol. The Kier molecular flexibility index (Phi) is 5.41. The van der Waals surface area contributed by atoms with Crippen LogP contribution in [0.15, 0.2) is 60.8 Å². The third-order valence-electron chi connectivity index (χ3n) is 3.89. The standard InChI is InChI=1S/C20H22N2O2/c1-22(14-16-5-2-7-18(13-16)24-12-11-23)15-17-6-3-9-20-19(17)8-4-10-21-20/h2-10,13,23H,11-12,14-15H2,1H3. The number of pyridine rings is 1. The van der Waals surface area contributed by atoms with Crippen molar-refractivity contribution in [1.82, 2.24) is 9.88 Å². The van der Waals surface area contributed by atoms with Crippen LogP contribution in [-0.2, 0) is 13.1 Å². The molecule has 4 nitrogen and oxygen atoms in total. The quantitative estimate of drug-likeness (QED) is 0.725. The minimum Gasteiger partial charge on any atom is -0.491 e. The normalized spacial score (nSPS) is 11.1. The average Bonchev–Trinajstić information content (AvgIpc) is 2.60. The lowest BCUT2D eigenvalue weighted by molar-refractivity contribution is 0.201. The van der Waals surface area contributed by atoms with E-state index in [2.05, 4.69) is 41.2 Å². The topological polar surface area (TPSA) is 45.6 Å². The van der Waals surface area contributed by atoms with Crippen LogP contribution in [0, 0.1) is 0 Å². The second-order valence-corrected chi connectivity index (χ2v) is 5.88. The first-order valence-corrected chi connectivity index (χ1v) is 8.10. The molecule has 1 aromatic heterocycles. The number of nitrogens with zero attached hydrogens (tertiary/aromatic N) is 2. The summed E-state index contributed by atoms with van der Waals surface area (Å²) in [6.45, 7) is 2.03. The molecule has 0 radical (unpaired) electrons. The fourth-order valence-electron chi connectivity index (χ4n) is 2.86. The molecule has 0 atom stereocenters. The van der Waals surface area contributed by atoms with Crippen molar-refractivity contribution in [3.05, 3.63) is 71.9 Å². The number of aliphatic hydroxyl groups is 1. The largest absolute Gasteiger partial charge is 0.491 e. The van der Waals surface area contributed by atoms with Gasteiger partial charge in [-0.25, -0.2) is 0 Å².